The first-order chi connectivity index (χ1) is 16.7. The van der Waals surface area contributed by atoms with Crippen LogP contribution >= 0.6 is 0 Å². The topological polar surface area (TPSA) is 87.7 Å². The molecule has 7 nitrogen and oxygen atoms in total. The fourth-order valence-electron chi connectivity index (χ4n) is 5.29. The Morgan fingerprint density at radius 2 is 1.66 bits per heavy atom. The zero-order valence-electron chi connectivity index (χ0n) is 21.0. The Hall–Kier alpha value is -3.35. The van der Waals surface area contributed by atoms with Gasteiger partial charge in [0.1, 0.15) is 11.8 Å². The van der Waals surface area contributed by atoms with E-state index in [-0.39, 0.29) is 29.3 Å². The number of fused-ring (bicyclic) bond motifs is 1. The first kappa shape index (κ1) is 24.8. The van der Waals surface area contributed by atoms with Crippen LogP contribution in [0.5, 0.6) is 5.75 Å². The van der Waals surface area contributed by atoms with Gasteiger partial charge < -0.3 is 20.3 Å². The van der Waals surface area contributed by atoms with Crippen LogP contribution in [0, 0.1) is 5.92 Å². The number of carbonyl (C=O) groups is 3. The van der Waals surface area contributed by atoms with E-state index >= 15 is 0 Å². The monoisotopic (exact) mass is 477 g/mol. The highest BCUT2D eigenvalue weighted by atomic mass is 16.5. The molecule has 2 N–H and O–H groups in total. The number of amides is 3. The molecule has 2 aliphatic rings. The average Bonchev–Trinajstić information content (AvgIpc) is 3.23. The third kappa shape index (κ3) is 5.50. The van der Waals surface area contributed by atoms with Crippen LogP contribution in [0.25, 0.3) is 0 Å². The van der Waals surface area contributed by atoms with E-state index < -0.39 is 6.04 Å². The van der Waals surface area contributed by atoms with Crippen molar-refractivity contribution in [2.24, 2.45) is 5.92 Å². The van der Waals surface area contributed by atoms with Gasteiger partial charge in [-0.3, -0.25) is 14.4 Å². The summed E-state index contributed by atoms with van der Waals surface area (Å²) in [7, 11) is 1.55. The van der Waals surface area contributed by atoms with E-state index in [9.17, 15) is 14.4 Å². The van der Waals surface area contributed by atoms with Crippen molar-refractivity contribution in [1.29, 1.82) is 0 Å². The Balaban J connectivity index is 1.53. The van der Waals surface area contributed by atoms with Gasteiger partial charge in [-0.15, -0.1) is 0 Å². The summed E-state index contributed by atoms with van der Waals surface area (Å²) in [6.45, 7) is 5.78. The second-order valence-corrected chi connectivity index (χ2v) is 10.5. The molecule has 7 heteroatoms. The van der Waals surface area contributed by atoms with Crippen LogP contribution in [0.4, 0.5) is 5.69 Å². The Labute approximate surface area is 207 Å². The average molecular weight is 478 g/mol. The van der Waals surface area contributed by atoms with Crippen molar-refractivity contribution in [1.82, 2.24) is 10.2 Å². The summed E-state index contributed by atoms with van der Waals surface area (Å²) in [5, 5.41) is 5.91. The molecular formula is C28H35N3O4. The minimum atomic E-state index is -0.552. The largest absolute Gasteiger partial charge is 0.496 e. The predicted molar refractivity (Wildman–Crippen MR) is 136 cm³/mol. The van der Waals surface area contributed by atoms with E-state index in [1.807, 2.05) is 32.9 Å². The third-order valence-electron chi connectivity index (χ3n) is 6.87. The minimum absolute atomic E-state index is 0.0559. The smallest absolute Gasteiger partial charge is 0.258 e. The number of para-hydroxylation sites is 1. The molecule has 4 rings (SSSR count). The van der Waals surface area contributed by atoms with E-state index in [4.69, 9.17) is 4.74 Å². The van der Waals surface area contributed by atoms with Crippen molar-refractivity contribution in [3.63, 3.8) is 0 Å². The standard InChI is InChI=1S/C28H35N3O4/c1-28(2,3)30-25(32)18-13-15-20(16-14-18)29-26(33)23-17-19-9-5-7-11-22(19)31(23)27(34)21-10-6-8-12-24(21)35-4/h6,8,10,12-16,19,22-23H,5,7,9,11,17H2,1-4H3,(H,29,33)(H,30,32). The Bertz CT molecular complexity index is 1090. The highest BCUT2D eigenvalue weighted by molar-refractivity contribution is 6.03. The Morgan fingerprint density at radius 3 is 2.34 bits per heavy atom. The molecule has 35 heavy (non-hydrogen) atoms. The maximum Gasteiger partial charge on any atom is 0.258 e. The van der Waals surface area contributed by atoms with Gasteiger partial charge in [-0.05, 0) is 82.3 Å². The molecule has 1 aliphatic heterocycles. The summed E-state index contributed by atoms with van der Waals surface area (Å²) in [5.41, 5.74) is 1.27. The molecule has 3 atom stereocenters. The Morgan fingerprint density at radius 1 is 0.971 bits per heavy atom. The highest BCUT2D eigenvalue weighted by Gasteiger charge is 2.48. The summed E-state index contributed by atoms with van der Waals surface area (Å²) < 4.78 is 5.43. The van der Waals surface area contributed by atoms with Crippen molar-refractivity contribution in [2.45, 2.75) is 70.5 Å². The van der Waals surface area contributed by atoms with Gasteiger partial charge in [-0.2, -0.15) is 0 Å². The van der Waals surface area contributed by atoms with Gasteiger partial charge in [0, 0.05) is 22.8 Å². The van der Waals surface area contributed by atoms with Crippen molar-refractivity contribution in [3.05, 3.63) is 59.7 Å². The summed E-state index contributed by atoms with van der Waals surface area (Å²) in [6.07, 6.45) is 4.78. The molecule has 1 saturated carbocycles. The van der Waals surface area contributed by atoms with Gasteiger partial charge in [0.15, 0.2) is 0 Å². The van der Waals surface area contributed by atoms with Crippen molar-refractivity contribution in [2.75, 3.05) is 12.4 Å². The van der Waals surface area contributed by atoms with Crippen molar-refractivity contribution < 1.29 is 19.1 Å². The number of hydrogen-bond donors (Lipinski definition) is 2. The number of rotatable bonds is 5. The molecule has 1 saturated heterocycles. The van der Waals surface area contributed by atoms with Crippen LogP contribution in [0.3, 0.4) is 0 Å². The highest BCUT2D eigenvalue weighted by Crippen LogP contribution is 2.41. The molecule has 186 valence electrons. The van der Waals surface area contributed by atoms with Gasteiger partial charge >= 0.3 is 0 Å². The molecular weight excluding hydrogens is 442 g/mol. The normalized spacial score (nSPS) is 21.7. The van der Waals surface area contributed by atoms with Gasteiger partial charge in [-0.1, -0.05) is 25.0 Å². The first-order valence-corrected chi connectivity index (χ1v) is 12.4. The van der Waals surface area contributed by atoms with Crippen LogP contribution in [0.2, 0.25) is 0 Å². The summed E-state index contributed by atoms with van der Waals surface area (Å²) >= 11 is 0. The number of methoxy groups -OCH3 is 1. The molecule has 2 fully saturated rings. The SMILES string of the molecule is COc1ccccc1C(=O)N1C(C(=O)Nc2ccc(C(=O)NC(C)(C)C)cc2)CC2CCCCC21. The lowest BCUT2D eigenvalue weighted by atomic mass is 9.84. The summed E-state index contributed by atoms with van der Waals surface area (Å²) in [6, 6.07) is 13.5. The van der Waals surface area contributed by atoms with Crippen molar-refractivity contribution in [3.8, 4) is 5.75 Å². The van der Waals surface area contributed by atoms with Crippen LogP contribution in [0.15, 0.2) is 48.5 Å². The van der Waals surface area contributed by atoms with E-state index in [0.29, 0.717) is 34.9 Å². The molecule has 3 unspecified atom stereocenters. The van der Waals surface area contributed by atoms with Gasteiger partial charge in [-0.25, -0.2) is 0 Å². The van der Waals surface area contributed by atoms with Gasteiger partial charge in [0.25, 0.3) is 11.8 Å². The molecule has 1 aliphatic carbocycles. The molecule has 2 aromatic carbocycles. The summed E-state index contributed by atoms with van der Waals surface area (Å²) in [4.78, 5) is 41.3. The number of nitrogens with zero attached hydrogens (tertiary/aromatic N) is 1. The number of anilines is 1. The molecule has 0 radical (unpaired) electrons. The van der Waals surface area contributed by atoms with Crippen LogP contribution < -0.4 is 15.4 Å². The molecule has 0 spiro atoms. The number of benzene rings is 2. The number of hydrogen-bond acceptors (Lipinski definition) is 4. The van der Waals surface area contributed by atoms with Gasteiger partial charge in [0.05, 0.1) is 12.7 Å². The fourth-order valence-corrected chi connectivity index (χ4v) is 5.29. The number of nitrogens with one attached hydrogen (secondary N) is 2. The van der Waals surface area contributed by atoms with E-state index in [0.717, 1.165) is 25.7 Å². The molecule has 3 amide bonds. The lowest BCUT2D eigenvalue weighted by molar-refractivity contribution is -0.120. The zero-order valence-corrected chi connectivity index (χ0v) is 21.0. The maximum atomic E-state index is 13.7. The van der Waals surface area contributed by atoms with E-state index in [1.165, 1.54) is 0 Å². The van der Waals surface area contributed by atoms with Crippen LogP contribution in [0.1, 0.15) is 73.6 Å². The second-order valence-electron chi connectivity index (χ2n) is 10.5. The first-order valence-electron chi connectivity index (χ1n) is 12.4. The number of likely N-dealkylation sites (tertiary alicyclic amines) is 1. The van der Waals surface area contributed by atoms with Crippen LogP contribution in [-0.4, -0.2) is 47.4 Å². The molecule has 1 heterocycles. The zero-order chi connectivity index (χ0) is 25.2. The Kier molecular flexibility index (Phi) is 7.15. The lowest BCUT2D eigenvalue weighted by Gasteiger charge is -2.34. The summed E-state index contributed by atoms with van der Waals surface area (Å²) in [5.74, 6) is 0.311. The van der Waals surface area contributed by atoms with Crippen molar-refractivity contribution >= 4 is 23.4 Å². The third-order valence-corrected chi connectivity index (χ3v) is 6.87. The minimum Gasteiger partial charge on any atom is -0.496 e. The van der Waals surface area contributed by atoms with Crippen LogP contribution in [-0.2, 0) is 4.79 Å². The molecule has 0 aromatic heterocycles. The van der Waals surface area contributed by atoms with Gasteiger partial charge in [0.2, 0.25) is 5.91 Å². The maximum absolute atomic E-state index is 13.7. The molecule has 2 aromatic rings. The fraction of sp³-hybridized carbons (Fsp3) is 0.464. The van der Waals surface area contributed by atoms with E-state index in [2.05, 4.69) is 10.6 Å². The second kappa shape index (κ2) is 10.1. The predicted octanol–water partition coefficient (Wildman–Crippen LogP) is 4.64. The lowest BCUT2D eigenvalue weighted by Crippen LogP contribution is -2.48. The number of carbonyl (C=O) groups excluding carboxylic acids is 3. The molecule has 0 bridgehead atoms. The van der Waals surface area contributed by atoms with E-state index in [1.54, 1.807) is 48.4 Å². The quantitative estimate of drug-likeness (QED) is 0.657. The number of ether oxygens (including phenoxy) is 1.